The summed E-state index contributed by atoms with van der Waals surface area (Å²) in [6, 6.07) is 123. The maximum Gasteiger partial charge on any atom is 0.164 e. The molecule has 1 unspecified atom stereocenters. The number of hydrogen-bond donors (Lipinski definition) is 0. The largest absolute Gasteiger partial charge is 0.309 e. The Morgan fingerprint density at radius 3 is 1.05 bits per heavy atom. The predicted octanol–water partition coefficient (Wildman–Crippen LogP) is 22.6. The zero-order valence-electron chi connectivity index (χ0n) is 50.6. The number of benzene rings is 14. The minimum atomic E-state index is -0.0821. The minimum absolute atomic E-state index is 0.0821. The molecule has 0 fully saturated rings. The standard InChI is InChI=1S/C88H57N5/c1-8-26-57(27-9-1)60-44-46-64(47-45-60)86-89-87(67-53-65(58-28-10-2-11-29-58)52-66(54-67)59-30-12-3-13-31-59)91-88(90-86)68-55-74(61-32-14-4-15-33-61)85(75(56-68)62-34-16-5-17-35-62)93-77-43-25-23-41-73(77)82-79(93)51-49-71-70-48-50-78-81(83(70)80(84(71)82)63-36-18-6-19-37-63)72-40-22-24-42-76(72)92(78)69-38-20-7-21-39-69/h1-56,80H. The lowest BCUT2D eigenvalue weighted by atomic mass is 9.85. The Morgan fingerprint density at radius 1 is 0.226 bits per heavy atom. The Kier molecular flexibility index (Phi) is 12.9. The van der Waals surface area contributed by atoms with E-state index in [2.05, 4.69) is 349 Å². The highest BCUT2D eigenvalue weighted by Crippen LogP contribution is 2.57. The van der Waals surface area contributed by atoms with Crippen LogP contribution in [0.25, 0.3) is 156 Å². The van der Waals surface area contributed by atoms with Gasteiger partial charge in [-0.2, -0.15) is 0 Å². The van der Waals surface area contributed by atoms with Gasteiger partial charge in [0.1, 0.15) is 0 Å². The predicted molar refractivity (Wildman–Crippen MR) is 385 cm³/mol. The fourth-order valence-corrected chi connectivity index (χ4v) is 14.7. The van der Waals surface area contributed by atoms with Crippen LogP contribution in [-0.4, -0.2) is 24.1 Å². The molecule has 17 aromatic rings. The molecule has 0 aliphatic heterocycles. The molecule has 1 aliphatic carbocycles. The van der Waals surface area contributed by atoms with Crippen molar-refractivity contribution in [3.63, 3.8) is 0 Å². The van der Waals surface area contributed by atoms with Crippen molar-refractivity contribution in [3.8, 4) is 112 Å². The first kappa shape index (κ1) is 53.7. The van der Waals surface area contributed by atoms with Gasteiger partial charge < -0.3 is 9.13 Å². The highest BCUT2D eigenvalue weighted by atomic mass is 15.0. The Labute approximate surface area is 539 Å². The lowest BCUT2D eigenvalue weighted by molar-refractivity contribution is 1.04. The van der Waals surface area contributed by atoms with Gasteiger partial charge in [0.25, 0.3) is 0 Å². The van der Waals surface area contributed by atoms with E-state index in [4.69, 9.17) is 15.0 Å². The Balaban J connectivity index is 0.900. The molecule has 0 radical (unpaired) electrons. The van der Waals surface area contributed by atoms with E-state index in [9.17, 15) is 0 Å². The fraction of sp³-hybridized carbons (Fsp3) is 0.0114. The first-order valence-corrected chi connectivity index (χ1v) is 31.9. The molecule has 0 saturated heterocycles. The molecule has 0 bridgehead atoms. The lowest BCUT2D eigenvalue weighted by Gasteiger charge is -2.21. The average molecular weight is 1180 g/mol. The van der Waals surface area contributed by atoms with Crippen LogP contribution in [0.1, 0.15) is 22.6 Å². The van der Waals surface area contributed by atoms with Gasteiger partial charge in [0.05, 0.1) is 27.8 Å². The van der Waals surface area contributed by atoms with Crippen molar-refractivity contribution in [1.82, 2.24) is 24.1 Å². The van der Waals surface area contributed by atoms with E-state index in [-0.39, 0.29) is 5.92 Å². The molecule has 434 valence electrons. The van der Waals surface area contributed by atoms with Crippen molar-refractivity contribution >= 4 is 43.6 Å². The van der Waals surface area contributed by atoms with Crippen LogP contribution in [0.4, 0.5) is 0 Å². The van der Waals surface area contributed by atoms with Crippen LogP contribution in [0.3, 0.4) is 0 Å². The summed E-state index contributed by atoms with van der Waals surface area (Å²) in [5, 5.41) is 4.97. The van der Waals surface area contributed by atoms with Gasteiger partial charge in [0.15, 0.2) is 17.5 Å². The van der Waals surface area contributed by atoms with E-state index in [1.165, 1.54) is 60.4 Å². The SMILES string of the molecule is c1ccc(-c2ccc(-c3nc(-c4cc(-c5ccccc5)cc(-c5ccccc5)c4)nc(-c4cc(-c5ccccc5)c(-n5c6ccccc6c6c7c(ccc65)-c5ccc6c(c5C7c5ccccc5)c5ccccc5n6-c5ccccc5)c(-c5ccccc5)c4)n3)cc2)cc1. The molecule has 5 heteroatoms. The van der Waals surface area contributed by atoms with Crippen LogP contribution in [0.5, 0.6) is 0 Å². The molecule has 0 spiro atoms. The van der Waals surface area contributed by atoms with Gasteiger partial charge in [-0.3, -0.25) is 0 Å². The summed E-state index contributed by atoms with van der Waals surface area (Å²) >= 11 is 0. The first-order chi connectivity index (χ1) is 46.1. The van der Waals surface area contributed by atoms with Crippen LogP contribution < -0.4 is 0 Å². The highest BCUT2D eigenvalue weighted by molar-refractivity contribution is 6.19. The molecular weight excluding hydrogens is 1130 g/mol. The van der Waals surface area contributed by atoms with Crippen LogP contribution in [0.15, 0.2) is 340 Å². The lowest BCUT2D eigenvalue weighted by Crippen LogP contribution is -2.04. The van der Waals surface area contributed by atoms with Gasteiger partial charge in [-0.25, -0.2) is 15.0 Å². The van der Waals surface area contributed by atoms with Crippen LogP contribution >= 0.6 is 0 Å². The van der Waals surface area contributed by atoms with Crippen LogP contribution in [-0.2, 0) is 0 Å². The van der Waals surface area contributed by atoms with E-state index >= 15 is 0 Å². The molecule has 1 aliphatic rings. The Bertz CT molecular complexity index is 5570. The molecule has 5 nitrogen and oxygen atoms in total. The van der Waals surface area contributed by atoms with Gasteiger partial charge in [-0.15, -0.1) is 0 Å². The number of rotatable bonds is 11. The number of aromatic nitrogens is 5. The number of hydrogen-bond acceptors (Lipinski definition) is 3. The second-order valence-corrected chi connectivity index (χ2v) is 24.2. The summed E-state index contributed by atoms with van der Waals surface area (Å²) in [6.07, 6.45) is 0. The van der Waals surface area contributed by atoms with Crippen molar-refractivity contribution in [3.05, 3.63) is 356 Å². The second-order valence-electron chi connectivity index (χ2n) is 24.2. The molecule has 3 aromatic heterocycles. The third-order valence-corrected chi connectivity index (χ3v) is 18.8. The van der Waals surface area contributed by atoms with Crippen molar-refractivity contribution < 1.29 is 0 Å². The number of para-hydroxylation sites is 3. The van der Waals surface area contributed by atoms with E-state index in [1.807, 2.05) is 0 Å². The van der Waals surface area contributed by atoms with Crippen LogP contribution in [0, 0.1) is 0 Å². The van der Waals surface area contributed by atoms with E-state index in [0.717, 1.165) is 94.7 Å². The summed E-state index contributed by atoms with van der Waals surface area (Å²) < 4.78 is 5.00. The van der Waals surface area contributed by atoms with Crippen molar-refractivity contribution in [1.29, 1.82) is 0 Å². The van der Waals surface area contributed by atoms with Gasteiger partial charge in [-0.1, -0.05) is 273 Å². The van der Waals surface area contributed by atoms with Gasteiger partial charge in [0.2, 0.25) is 0 Å². The van der Waals surface area contributed by atoms with Crippen molar-refractivity contribution in [2.24, 2.45) is 0 Å². The molecule has 93 heavy (non-hydrogen) atoms. The molecular formula is C88H57N5. The summed E-state index contributed by atoms with van der Waals surface area (Å²) in [7, 11) is 0. The Morgan fingerprint density at radius 2 is 0.570 bits per heavy atom. The third-order valence-electron chi connectivity index (χ3n) is 18.8. The maximum atomic E-state index is 5.62. The molecule has 18 rings (SSSR count). The van der Waals surface area contributed by atoms with E-state index in [0.29, 0.717) is 17.5 Å². The normalized spacial score (nSPS) is 12.6. The highest BCUT2D eigenvalue weighted by Gasteiger charge is 2.37. The minimum Gasteiger partial charge on any atom is -0.309 e. The maximum absolute atomic E-state index is 5.62. The summed E-state index contributed by atoms with van der Waals surface area (Å²) in [6.45, 7) is 0. The fourth-order valence-electron chi connectivity index (χ4n) is 14.7. The molecule has 1 atom stereocenters. The van der Waals surface area contributed by atoms with Crippen molar-refractivity contribution in [2.45, 2.75) is 5.92 Å². The first-order valence-electron chi connectivity index (χ1n) is 31.9. The zero-order chi connectivity index (χ0) is 61.3. The van der Waals surface area contributed by atoms with Gasteiger partial charge in [-0.05, 0) is 139 Å². The Hall–Kier alpha value is -12.3. The molecule has 0 saturated carbocycles. The van der Waals surface area contributed by atoms with Crippen LogP contribution in [0.2, 0.25) is 0 Å². The van der Waals surface area contributed by atoms with Gasteiger partial charge >= 0.3 is 0 Å². The number of fused-ring (bicyclic) bond motifs is 11. The topological polar surface area (TPSA) is 48.5 Å². The molecule has 3 heterocycles. The summed E-state index contributed by atoms with van der Waals surface area (Å²) in [4.78, 5) is 16.6. The van der Waals surface area contributed by atoms with E-state index < -0.39 is 0 Å². The molecule has 14 aromatic carbocycles. The average Bonchev–Trinajstić information content (AvgIpc) is 1.53. The summed E-state index contributed by atoms with van der Waals surface area (Å²) in [5.41, 5.74) is 26.8. The smallest absolute Gasteiger partial charge is 0.164 e. The monoisotopic (exact) mass is 1180 g/mol. The zero-order valence-corrected chi connectivity index (χ0v) is 50.6. The van der Waals surface area contributed by atoms with Crippen molar-refractivity contribution in [2.75, 3.05) is 0 Å². The second kappa shape index (κ2) is 22.3. The number of nitrogens with zero attached hydrogens (tertiary/aromatic N) is 5. The third kappa shape index (κ3) is 9.12. The summed E-state index contributed by atoms with van der Waals surface area (Å²) in [5.74, 6) is 1.65. The van der Waals surface area contributed by atoms with Gasteiger partial charge in [0, 0.05) is 61.0 Å². The molecule has 0 N–H and O–H groups in total. The molecule has 0 amide bonds. The quantitative estimate of drug-likeness (QED) is 0.130. The van der Waals surface area contributed by atoms with E-state index in [1.54, 1.807) is 0 Å².